The molecule has 0 saturated carbocycles. The molecule has 2 N–H and O–H groups in total. The topological polar surface area (TPSA) is 64.3 Å². The number of ether oxygens (including phenoxy) is 1. The molecule has 1 atom stereocenters. The minimum absolute atomic E-state index is 0.142. The molecule has 2 aliphatic rings. The fourth-order valence-corrected chi connectivity index (χ4v) is 2.95. The van der Waals surface area contributed by atoms with Crippen molar-refractivity contribution in [2.45, 2.75) is 24.2 Å². The molecule has 0 bridgehead atoms. The van der Waals surface area contributed by atoms with E-state index in [-0.39, 0.29) is 5.41 Å². The number of piperidine rings is 1. The number of likely N-dealkylation sites (tertiary alicyclic amines) is 1. The van der Waals surface area contributed by atoms with Crippen LogP contribution < -0.4 is 5.73 Å². The second-order valence-corrected chi connectivity index (χ2v) is 5.88. The van der Waals surface area contributed by atoms with Crippen LogP contribution in [0.4, 0.5) is 0 Å². The molecule has 2 fully saturated rings. The molecule has 0 aliphatic carbocycles. The van der Waals surface area contributed by atoms with Crippen LogP contribution in [0, 0.1) is 0 Å². The predicted octanol–water partition coefficient (Wildman–Crippen LogP) is 0.513. The molecule has 3 heterocycles. The second kappa shape index (κ2) is 5.15. The smallest absolute Gasteiger partial charge is 0.140 e. The van der Waals surface area contributed by atoms with Crippen LogP contribution in [0.5, 0.6) is 0 Å². The minimum Gasteiger partial charge on any atom is -0.379 e. The monoisotopic (exact) mass is 262 g/mol. The van der Waals surface area contributed by atoms with Gasteiger partial charge in [-0.15, -0.1) is 0 Å². The maximum Gasteiger partial charge on any atom is 0.140 e. The number of nitrogens with two attached hydrogens (primary N) is 1. The van der Waals surface area contributed by atoms with Crippen LogP contribution in [0.15, 0.2) is 12.3 Å². The van der Waals surface area contributed by atoms with Crippen molar-refractivity contribution in [1.82, 2.24) is 14.9 Å². The van der Waals surface area contributed by atoms with Crippen molar-refractivity contribution in [1.29, 1.82) is 0 Å². The summed E-state index contributed by atoms with van der Waals surface area (Å²) in [5.41, 5.74) is 6.90. The molecule has 104 valence electrons. The van der Waals surface area contributed by atoms with Gasteiger partial charge in [0.25, 0.3) is 0 Å². The standard InChI is InChI=1S/C14H22N4O/c1-18-6-2-3-11(7-18)12-4-5-16-13(17-12)14(8-15)9-19-10-14/h4-5,11H,2-3,6-10,15H2,1H3. The lowest BCUT2D eigenvalue weighted by molar-refractivity contribution is -0.0595. The van der Waals surface area contributed by atoms with Crippen LogP contribution in [0.25, 0.3) is 0 Å². The SMILES string of the molecule is CN1CCCC(c2ccnc(C3(CN)COC3)n2)C1. The number of likely N-dealkylation sites (N-methyl/N-ethyl adjacent to an activating group) is 1. The molecule has 5 heteroatoms. The summed E-state index contributed by atoms with van der Waals surface area (Å²) in [6.07, 6.45) is 4.33. The normalized spacial score (nSPS) is 26.9. The second-order valence-electron chi connectivity index (χ2n) is 5.88. The molecular weight excluding hydrogens is 240 g/mol. The van der Waals surface area contributed by atoms with Gasteiger partial charge in [-0.1, -0.05) is 0 Å². The van der Waals surface area contributed by atoms with Gasteiger partial charge in [0.2, 0.25) is 0 Å². The molecule has 0 spiro atoms. The van der Waals surface area contributed by atoms with Crippen LogP contribution in [-0.4, -0.2) is 54.8 Å². The van der Waals surface area contributed by atoms with Crippen molar-refractivity contribution < 1.29 is 4.74 Å². The summed E-state index contributed by atoms with van der Waals surface area (Å²) in [6, 6.07) is 2.05. The zero-order valence-electron chi connectivity index (χ0n) is 11.5. The third-order valence-electron chi connectivity index (χ3n) is 4.34. The summed E-state index contributed by atoms with van der Waals surface area (Å²) in [5, 5.41) is 0. The molecule has 0 aromatic carbocycles. The lowest BCUT2D eigenvalue weighted by atomic mass is 9.84. The Kier molecular flexibility index (Phi) is 3.52. The van der Waals surface area contributed by atoms with Gasteiger partial charge in [0.15, 0.2) is 0 Å². The Bertz CT molecular complexity index is 441. The molecule has 3 rings (SSSR count). The zero-order valence-corrected chi connectivity index (χ0v) is 11.5. The van der Waals surface area contributed by atoms with E-state index in [4.69, 9.17) is 15.5 Å². The van der Waals surface area contributed by atoms with Crippen LogP contribution in [0.3, 0.4) is 0 Å². The van der Waals surface area contributed by atoms with Crippen LogP contribution in [-0.2, 0) is 10.2 Å². The lowest BCUT2D eigenvalue weighted by Crippen LogP contribution is -2.53. The molecule has 0 radical (unpaired) electrons. The van der Waals surface area contributed by atoms with E-state index in [2.05, 4.69) is 23.0 Å². The summed E-state index contributed by atoms with van der Waals surface area (Å²) >= 11 is 0. The summed E-state index contributed by atoms with van der Waals surface area (Å²) in [6.45, 7) is 4.13. The van der Waals surface area contributed by atoms with Crippen LogP contribution >= 0.6 is 0 Å². The molecule has 1 aromatic heterocycles. The van der Waals surface area contributed by atoms with Crippen molar-refractivity contribution >= 4 is 0 Å². The van der Waals surface area contributed by atoms with Gasteiger partial charge in [-0.3, -0.25) is 0 Å². The van der Waals surface area contributed by atoms with Crippen LogP contribution in [0.1, 0.15) is 30.3 Å². The van der Waals surface area contributed by atoms with Crippen LogP contribution in [0.2, 0.25) is 0 Å². The van der Waals surface area contributed by atoms with Gasteiger partial charge in [-0.2, -0.15) is 0 Å². The first-order valence-electron chi connectivity index (χ1n) is 7.03. The Hall–Kier alpha value is -1.04. The van der Waals surface area contributed by atoms with E-state index < -0.39 is 0 Å². The van der Waals surface area contributed by atoms with E-state index in [0.717, 1.165) is 18.1 Å². The van der Waals surface area contributed by atoms with E-state index in [9.17, 15) is 0 Å². The number of hydrogen-bond acceptors (Lipinski definition) is 5. The highest BCUT2D eigenvalue weighted by Crippen LogP contribution is 2.30. The zero-order chi connectivity index (χ0) is 13.3. The van der Waals surface area contributed by atoms with Crippen molar-refractivity contribution in [2.24, 2.45) is 5.73 Å². The van der Waals surface area contributed by atoms with E-state index in [1.54, 1.807) is 0 Å². The Morgan fingerprint density at radius 3 is 3.00 bits per heavy atom. The first-order chi connectivity index (χ1) is 9.23. The van der Waals surface area contributed by atoms with Gasteiger partial charge in [-0.25, -0.2) is 9.97 Å². The third-order valence-corrected chi connectivity index (χ3v) is 4.34. The highest BCUT2D eigenvalue weighted by molar-refractivity contribution is 5.18. The van der Waals surface area contributed by atoms with E-state index in [1.165, 1.54) is 19.4 Å². The van der Waals surface area contributed by atoms with Crippen molar-refractivity contribution in [2.75, 3.05) is 39.9 Å². The Morgan fingerprint density at radius 2 is 2.37 bits per heavy atom. The molecule has 1 aromatic rings. The Labute approximate surface area is 114 Å². The molecule has 19 heavy (non-hydrogen) atoms. The molecular formula is C14H22N4O. The Balaban J connectivity index is 1.83. The van der Waals surface area contributed by atoms with Crippen molar-refractivity contribution in [3.63, 3.8) is 0 Å². The highest BCUT2D eigenvalue weighted by atomic mass is 16.5. The average Bonchev–Trinajstić information content (AvgIpc) is 2.39. The lowest BCUT2D eigenvalue weighted by Gasteiger charge is -2.39. The van der Waals surface area contributed by atoms with Crippen molar-refractivity contribution in [3.05, 3.63) is 23.8 Å². The maximum absolute atomic E-state index is 5.88. The fourth-order valence-electron chi connectivity index (χ4n) is 2.95. The van der Waals surface area contributed by atoms with Gasteiger partial charge in [0, 0.05) is 30.9 Å². The molecule has 2 saturated heterocycles. The summed E-state index contributed by atoms with van der Waals surface area (Å²) in [4.78, 5) is 11.6. The van der Waals surface area contributed by atoms with E-state index in [1.807, 2.05) is 6.20 Å². The minimum atomic E-state index is -0.142. The molecule has 5 nitrogen and oxygen atoms in total. The number of rotatable bonds is 3. The summed E-state index contributed by atoms with van der Waals surface area (Å²) in [7, 11) is 2.18. The average molecular weight is 262 g/mol. The van der Waals surface area contributed by atoms with Gasteiger partial charge < -0.3 is 15.4 Å². The highest BCUT2D eigenvalue weighted by Gasteiger charge is 2.42. The molecule has 2 aliphatic heterocycles. The molecule has 0 amide bonds. The van der Waals surface area contributed by atoms with Gasteiger partial charge >= 0.3 is 0 Å². The van der Waals surface area contributed by atoms with E-state index >= 15 is 0 Å². The third kappa shape index (κ3) is 2.38. The Morgan fingerprint density at radius 1 is 1.53 bits per heavy atom. The first kappa shape index (κ1) is 13.0. The van der Waals surface area contributed by atoms with Crippen molar-refractivity contribution in [3.8, 4) is 0 Å². The van der Waals surface area contributed by atoms with Gasteiger partial charge in [0.1, 0.15) is 5.82 Å². The first-order valence-corrected chi connectivity index (χ1v) is 7.03. The number of aromatic nitrogens is 2. The summed E-state index contributed by atoms with van der Waals surface area (Å²) < 4.78 is 5.32. The number of hydrogen-bond donors (Lipinski definition) is 1. The predicted molar refractivity (Wildman–Crippen MR) is 73.1 cm³/mol. The fraction of sp³-hybridized carbons (Fsp3) is 0.714. The summed E-state index contributed by atoms with van der Waals surface area (Å²) in [5.74, 6) is 1.39. The van der Waals surface area contributed by atoms with E-state index in [0.29, 0.717) is 25.7 Å². The largest absolute Gasteiger partial charge is 0.379 e. The van der Waals surface area contributed by atoms with Gasteiger partial charge in [-0.05, 0) is 32.5 Å². The maximum atomic E-state index is 5.88. The molecule has 1 unspecified atom stereocenters. The quantitative estimate of drug-likeness (QED) is 0.860. The van der Waals surface area contributed by atoms with Gasteiger partial charge in [0.05, 0.1) is 18.6 Å². The number of nitrogens with zero attached hydrogens (tertiary/aromatic N) is 3.